The van der Waals surface area contributed by atoms with E-state index in [1.165, 1.54) is 44.3 Å². The van der Waals surface area contributed by atoms with E-state index in [1.807, 2.05) is 12.1 Å². The van der Waals surface area contributed by atoms with Crippen LogP contribution in [0.1, 0.15) is 24.8 Å². The molecule has 3 rings (SSSR count). The third kappa shape index (κ3) is 5.24. The molecule has 1 aliphatic rings. The molecule has 0 aliphatic carbocycles. The number of nitrogens with zero attached hydrogens (tertiary/aromatic N) is 2. The first-order chi connectivity index (χ1) is 11.8. The first kappa shape index (κ1) is 16.8. The second kappa shape index (κ2) is 8.69. The van der Waals surface area contributed by atoms with Gasteiger partial charge in [-0.2, -0.15) is 0 Å². The van der Waals surface area contributed by atoms with Crippen LogP contribution in [-0.2, 0) is 6.42 Å². The van der Waals surface area contributed by atoms with E-state index in [0.717, 1.165) is 24.7 Å². The molecular formula is C20H28N4. The van der Waals surface area contributed by atoms with Crippen LogP contribution >= 0.6 is 0 Å². The van der Waals surface area contributed by atoms with Crippen molar-refractivity contribution in [1.82, 2.24) is 9.88 Å². The van der Waals surface area contributed by atoms with Gasteiger partial charge in [-0.15, -0.1) is 0 Å². The van der Waals surface area contributed by atoms with Crippen molar-refractivity contribution in [3.05, 3.63) is 54.2 Å². The van der Waals surface area contributed by atoms with Crippen LogP contribution in [0.3, 0.4) is 0 Å². The minimum Gasteiger partial charge on any atom is -0.384 e. The zero-order valence-electron chi connectivity index (χ0n) is 14.3. The summed E-state index contributed by atoms with van der Waals surface area (Å²) in [5, 5.41) is 3.43. The van der Waals surface area contributed by atoms with Gasteiger partial charge in [0.2, 0.25) is 0 Å². The number of aryl methyl sites for hydroxylation is 1. The molecule has 4 nitrogen and oxygen atoms in total. The third-order valence-corrected chi connectivity index (χ3v) is 4.93. The number of rotatable bonds is 7. The van der Waals surface area contributed by atoms with E-state index >= 15 is 0 Å². The Morgan fingerprint density at radius 3 is 2.67 bits per heavy atom. The predicted molar refractivity (Wildman–Crippen MR) is 101 cm³/mol. The van der Waals surface area contributed by atoms with Crippen molar-refractivity contribution in [3.8, 4) is 0 Å². The van der Waals surface area contributed by atoms with E-state index in [0.29, 0.717) is 5.82 Å². The molecule has 0 bridgehead atoms. The summed E-state index contributed by atoms with van der Waals surface area (Å²) in [6.45, 7) is 4.49. The highest BCUT2D eigenvalue weighted by Gasteiger charge is 2.18. The monoisotopic (exact) mass is 324 g/mol. The summed E-state index contributed by atoms with van der Waals surface area (Å²) in [4.78, 5) is 6.58. The molecule has 0 radical (unpaired) electrons. The number of benzene rings is 1. The van der Waals surface area contributed by atoms with Crippen molar-refractivity contribution >= 4 is 11.5 Å². The van der Waals surface area contributed by atoms with Crippen molar-refractivity contribution in [2.75, 3.05) is 37.2 Å². The Labute approximate surface area is 145 Å². The van der Waals surface area contributed by atoms with E-state index in [2.05, 4.69) is 45.5 Å². The molecule has 4 heteroatoms. The fourth-order valence-corrected chi connectivity index (χ4v) is 3.43. The van der Waals surface area contributed by atoms with Crippen LogP contribution in [0.15, 0.2) is 48.7 Å². The topological polar surface area (TPSA) is 54.2 Å². The Kier molecular flexibility index (Phi) is 6.07. The van der Waals surface area contributed by atoms with Gasteiger partial charge in [0.05, 0.1) is 0 Å². The Balaban J connectivity index is 1.32. The van der Waals surface area contributed by atoms with Crippen molar-refractivity contribution < 1.29 is 0 Å². The first-order valence-electron chi connectivity index (χ1n) is 9.01. The lowest BCUT2D eigenvalue weighted by Crippen LogP contribution is -2.36. The molecule has 1 saturated heterocycles. The second-order valence-corrected chi connectivity index (χ2v) is 6.71. The Hall–Kier alpha value is -2.07. The van der Waals surface area contributed by atoms with Gasteiger partial charge < -0.3 is 16.0 Å². The number of hydrogen-bond acceptors (Lipinski definition) is 4. The quantitative estimate of drug-likeness (QED) is 0.819. The fourth-order valence-electron chi connectivity index (χ4n) is 3.43. The molecule has 3 N–H and O–H groups in total. The Morgan fingerprint density at radius 2 is 1.92 bits per heavy atom. The standard InChI is InChI=1S/C20H28N4/c21-20-16-19(8-11-23-20)22-12-15-24-13-9-18(10-14-24)7-6-17-4-2-1-3-5-17/h1-5,8,11,16,18H,6-7,9-10,12-15H2,(H3,21,22,23). The third-order valence-electron chi connectivity index (χ3n) is 4.93. The number of piperidine rings is 1. The molecule has 0 atom stereocenters. The smallest absolute Gasteiger partial charge is 0.125 e. The average Bonchev–Trinajstić information content (AvgIpc) is 2.62. The van der Waals surface area contributed by atoms with Crippen LogP contribution in [0.4, 0.5) is 11.5 Å². The predicted octanol–water partition coefficient (Wildman–Crippen LogP) is 3.42. The Bertz CT molecular complexity index is 606. The van der Waals surface area contributed by atoms with Crippen LogP contribution < -0.4 is 11.1 Å². The molecule has 2 aromatic rings. The number of nitrogen functional groups attached to an aromatic ring is 1. The lowest BCUT2D eigenvalue weighted by molar-refractivity contribution is 0.185. The van der Waals surface area contributed by atoms with Gasteiger partial charge in [0.1, 0.15) is 5.82 Å². The fraction of sp³-hybridized carbons (Fsp3) is 0.450. The van der Waals surface area contributed by atoms with Crippen LogP contribution in [0.25, 0.3) is 0 Å². The molecular weight excluding hydrogens is 296 g/mol. The SMILES string of the molecule is Nc1cc(NCCN2CCC(CCc3ccccc3)CC2)ccn1. The molecule has 0 saturated carbocycles. The number of anilines is 2. The van der Waals surface area contributed by atoms with Crippen LogP contribution in [0.5, 0.6) is 0 Å². The van der Waals surface area contributed by atoms with E-state index in [4.69, 9.17) is 5.73 Å². The van der Waals surface area contributed by atoms with E-state index < -0.39 is 0 Å². The molecule has 1 aromatic carbocycles. The number of aromatic nitrogens is 1. The van der Waals surface area contributed by atoms with Crippen molar-refractivity contribution in [1.29, 1.82) is 0 Å². The summed E-state index contributed by atoms with van der Waals surface area (Å²) >= 11 is 0. The zero-order chi connectivity index (χ0) is 16.6. The molecule has 24 heavy (non-hydrogen) atoms. The molecule has 0 amide bonds. The van der Waals surface area contributed by atoms with Crippen molar-refractivity contribution in [2.24, 2.45) is 5.92 Å². The van der Waals surface area contributed by atoms with Crippen molar-refractivity contribution in [2.45, 2.75) is 25.7 Å². The van der Waals surface area contributed by atoms with Gasteiger partial charge in [-0.05, 0) is 56.3 Å². The van der Waals surface area contributed by atoms with Gasteiger partial charge >= 0.3 is 0 Å². The molecule has 128 valence electrons. The molecule has 1 fully saturated rings. The number of pyridine rings is 1. The van der Waals surface area contributed by atoms with Crippen molar-refractivity contribution in [3.63, 3.8) is 0 Å². The summed E-state index contributed by atoms with van der Waals surface area (Å²) in [6, 6.07) is 14.7. The van der Waals surface area contributed by atoms with Gasteiger partial charge in [-0.1, -0.05) is 30.3 Å². The highest BCUT2D eigenvalue weighted by Crippen LogP contribution is 2.22. The number of nitrogens with one attached hydrogen (secondary N) is 1. The zero-order valence-corrected chi connectivity index (χ0v) is 14.3. The lowest BCUT2D eigenvalue weighted by Gasteiger charge is -2.32. The summed E-state index contributed by atoms with van der Waals surface area (Å²) < 4.78 is 0. The van der Waals surface area contributed by atoms with Gasteiger partial charge in [0, 0.05) is 31.0 Å². The van der Waals surface area contributed by atoms with Crippen LogP contribution in [0.2, 0.25) is 0 Å². The largest absolute Gasteiger partial charge is 0.384 e. The molecule has 2 heterocycles. The first-order valence-corrected chi connectivity index (χ1v) is 9.01. The Morgan fingerprint density at radius 1 is 1.12 bits per heavy atom. The number of hydrogen-bond donors (Lipinski definition) is 2. The summed E-state index contributed by atoms with van der Waals surface area (Å²) in [5.41, 5.74) is 8.23. The summed E-state index contributed by atoms with van der Waals surface area (Å²) in [5.74, 6) is 1.45. The summed E-state index contributed by atoms with van der Waals surface area (Å²) in [6.07, 6.45) is 6.95. The second-order valence-electron chi connectivity index (χ2n) is 6.71. The van der Waals surface area contributed by atoms with Crippen LogP contribution in [0, 0.1) is 5.92 Å². The van der Waals surface area contributed by atoms with E-state index in [-0.39, 0.29) is 0 Å². The highest BCUT2D eigenvalue weighted by atomic mass is 15.1. The molecule has 0 unspecified atom stereocenters. The summed E-state index contributed by atoms with van der Waals surface area (Å²) in [7, 11) is 0. The molecule has 1 aromatic heterocycles. The molecule has 1 aliphatic heterocycles. The minimum absolute atomic E-state index is 0.569. The van der Waals surface area contributed by atoms with Crippen LogP contribution in [-0.4, -0.2) is 36.1 Å². The maximum atomic E-state index is 5.70. The normalized spacial score (nSPS) is 16.2. The van der Waals surface area contributed by atoms with Gasteiger partial charge in [-0.25, -0.2) is 4.98 Å². The number of likely N-dealkylation sites (tertiary alicyclic amines) is 1. The van der Waals surface area contributed by atoms with E-state index in [1.54, 1.807) is 6.20 Å². The highest BCUT2D eigenvalue weighted by molar-refractivity contribution is 5.49. The number of nitrogens with two attached hydrogens (primary N) is 1. The van der Waals surface area contributed by atoms with Gasteiger partial charge in [0.15, 0.2) is 0 Å². The lowest BCUT2D eigenvalue weighted by atomic mass is 9.90. The maximum absolute atomic E-state index is 5.70. The minimum atomic E-state index is 0.569. The average molecular weight is 324 g/mol. The van der Waals surface area contributed by atoms with E-state index in [9.17, 15) is 0 Å². The molecule has 0 spiro atoms. The van der Waals surface area contributed by atoms with Gasteiger partial charge in [0.25, 0.3) is 0 Å². The maximum Gasteiger partial charge on any atom is 0.125 e. The van der Waals surface area contributed by atoms with Gasteiger partial charge in [-0.3, -0.25) is 0 Å².